The molecule has 174 valence electrons. The fourth-order valence-electron chi connectivity index (χ4n) is 3.82. The van der Waals surface area contributed by atoms with Crippen LogP contribution in [0.4, 0.5) is 5.69 Å². The number of carbonyl (C=O) groups excluding carboxylic acids is 3. The van der Waals surface area contributed by atoms with Crippen molar-refractivity contribution in [2.75, 3.05) is 4.90 Å². The number of hydrogen-bond acceptors (Lipinski definition) is 6. The molecule has 1 fully saturated rings. The summed E-state index contributed by atoms with van der Waals surface area (Å²) in [5, 5.41) is 13.4. The Morgan fingerprint density at radius 1 is 1.09 bits per heavy atom. The van der Waals surface area contributed by atoms with Crippen molar-refractivity contribution in [3.8, 4) is 0 Å². The number of hydrogen-bond donors (Lipinski definition) is 1. The van der Waals surface area contributed by atoms with E-state index in [0.717, 1.165) is 10.4 Å². The van der Waals surface area contributed by atoms with Gasteiger partial charge in [-0.05, 0) is 67.3 Å². The fraction of sp³-hybridized carbons (Fsp3) is 0.192. The molecule has 0 aliphatic carbocycles. The molecule has 8 heteroatoms. The lowest BCUT2D eigenvalue weighted by Gasteiger charge is -2.24. The van der Waals surface area contributed by atoms with E-state index >= 15 is 0 Å². The third-order valence-corrected chi connectivity index (χ3v) is 6.48. The van der Waals surface area contributed by atoms with E-state index in [1.165, 1.54) is 16.2 Å². The van der Waals surface area contributed by atoms with Crippen molar-refractivity contribution in [3.63, 3.8) is 0 Å². The van der Waals surface area contributed by atoms with Gasteiger partial charge in [-0.1, -0.05) is 29.8 Å². The van der Waals surface area contributed by atoms with Crippen molar-refractivity contribution in [2.24, 2.45) is 0 Å². The molecule has 3 aromatic rings. The standard InChI is InChI=1S/C26H22ClNO5S/c1-15(2)33-21(29)14-16-5-11-19(12-6-16)28-23(20-4-3-13-34-20)22(25(31)26(28)32)24(30)17-7-9-18(27)10-8-17/h3-13,15,23,30H,14H2,1-2H3/b24-22-. The third kappa shape index (κ3) is 4.76. The number of halogens is 1. The van der Waals surface area contributed by atoms with Crippen LogP contribution in [0, 0.1) is 0 Å². The molecule has 0 radical (unpaired) electrons. The number of carbonyl (C=O) groups is 3. The Bertz CT molecular complexity index is 1250. The van der Waals surface area contributed by atoms with Gasteiger partial charge in [-0.3, -0.25) is 19.3 Å². The zero-order valence-electron chi connectivity index (χ0n) is 18.5. The van der Waals surface area contributed by atoms with Crippen LogP contribution in [0.2, 0.25) is 5.02 Å². The second-order valence-corrected chi connectivity index (χ2v) is 9.49. The second kappa shape index (κ2) is 9.83. The Hall–Kier alpha value is -3.42. The maximum Gasteiger partial charge on any atom is 0.310 e. The Kier molecular flexibility index (Phi) is 6.86. The number of anilines is 1. The molecular weight excluding hydrogens is 474 g/mol. The highest BCUT2D eigenvalue weighted by molar-refractivity contribution is 7.10. The van der Waals surface area contributed by atoms with E-state index in [2.05, 4.69) is 0 Å². The number of nitrogens with zero attached hydrogens (tertiary/aromatic N) is 1. The van der Waals surface area contributed by atoms with E-state index in [0.29, 0.717) is 16.3 Å². The molecule has 6 nitrogen and oxygen atoms in total. The molecule has 0 bridgehead atoms. The van der Waals surface area contributed by atoms with E-state index in [-0.39, 0.29) is 29.8 Å². The van der Waals surface area contributed by atoms with Crippen LogP contribution in [0.25, 0.3) is 5.76 Å². The summed E-state index contributed by atoms with van der Waals surface area (Å²) in [7, 11) is 0. The van der Waals surface area contributed by atoms with Gasteiger partial charge in [0.15, 0.2) is 0 Å². The summed E-state index contributed by atoms with van der Waals surface area (Å²) in [5.74, 6) is -2.11. The van der Waals surface area contributed by atoms with Crippen LogP contribution < -0.4 is 4.90 Å². The summed E-state index contributed by atoms with van der Waals surface area (Å²) in [4.78, 5) is 40.3. The summed E-state index contributed by atoms with van der Waals surface area (Å²) in [6.07, 6.45) is -0.104. The van der Waals surface area contributed by atoms with Crippen molar-refractivity contribution in [1.82, 2.24) is 0 Å². The summed E-state index contributed by atoms with van der Waals surface area (Å²) >= 11 is 7.34. The van der Waals surface area contributed by atoms with Crippen LogP contribution in [0.3, 0.4) is 0 Å². The molecular formula is C26H22ClNO5S. The molecule has 34 heavy (non-hydrogen) atoms. The highest BCUT2D eigenvalue weighted by Gasteiger charge is 2.47. The van der Waals surface area contributed by atoms with E-state index in [4.69, 9.17) is 16.3 Å². The average molecular weight is 496 g/mol. The quantitative estimate of drug-likeness (QED) is 0.210. The Balaban J connectivity index is 1.73. The van der Waals surface area contributed by atoms with Crippen molar-refractivity contribution in [2.45, 2.75) is 32.4 Å². The normalized spacial score (nSPS) is 17.4. The molecule has 2 aromatic carbocycles. The van der Waals surface area contributed by atoms with Crippen LogP contribution in [-0.2, 0) is 25.5 Å². The summed E-state index contributed by atoms with van der Waals surface area (Å²) in [6, 6.07) is 16.1. The molecule has 0 saturated carbocycles. The minimum absolute atomic E-state index is 0.0133. The fourth-order valence-corrected chi connectivity index (χ4v) is 4.77. The van der Waals surface area contributed by atoms with Crippen LogP contribution in [0.5, 0.6) is 0 Å². The highest BCUT2D eigenvalue weighted by Crippen LogP contribution is 2.43. The number of aliphatic hydroxyl groups excluding tert-OH is 1. The molecule has 1 aliphatic rings. The van der Waals surface area contributed by atoms with Gasteiger partial charge in [-0.2, -0.15) is 0 Å². The van der Waals surface area contributed by atoms with Gasteiger partial charge in [0.2, 0.25) is 0 Å². The highest BCUT2D eigenvalue weighted by atomic mass is 35.5. The average Bonchev–Trinajstić information content (AvgIpc) is 3.41. The zero-order valence-corrected chi connectivity index (χ0v) is 20.1. The smallest absolute Gasteiger partial charge is 0.310 e. The topological polar surface area (TPSA) is 83.9 Å². The minimum Gasteiger partial charge on any atom is -0.507 e. The third-order valence-electron chi connectivity index (χ3n) is 5.30. The molecule has 1 atom stereocenters. The van der Waals surface area contributed by atoms with Gasteiger partial charge in [0, 0.05) is 21.2 Å². The molecule has 1 saturated heterocycles. The van der Waals surface area contributed by atoms with Crippen LogP contribution >= 0.6 is 22.9 Å². The SMILES string of the molecule is CC(C)OC(=O)Cc1ccc(N2C(=O)C(=O)/C(=C(\O)c3ccc(Cl)cc3)C2c2cccs2)cc1. The largest absolute Gasteiger partial charge is 0.507 e. The van der Waals surface area contributed by atoms with Gasteiger partial charge in [0.05, 0.1) is 18.1 Å². The predicted molar refractivity (Wildman–Crippen MR) is 132 cm³/mol. The lowest BCUT2D eigenvalue weighted by atomic mass is 9.99. The predicted octanol–water partition coefficient (Wildman–Crippen LogP) is 5.52. The van der Waals surface area contributed by atoms with Crippen LogP contribution in [-0.4, -0.2) is 28.9 Å². The van der Waals surface area contributed by atoms with Gasteiger partial charge in [0.25, 0.3) is 11.7 Å². The first kappa shape index (κ1) is 23.7. The Morgan fingerprint density at radius 3 is 2.35 bits per heavy atom. The Morgan fingerprint density at radius 2 is 1.76 bits per heavy atom. The van der Waals surface area contributed by atoms with Crippen molar-refractivity contribution < 1.29 is 24.2 Å². The number of Topliss-reactive ketones (excluding diaryl/α,β-unsaturated/α-hetero) is 1. The molecule has 1 unspecified atom stereocenters. The molecule has 4 rings (SSSR count). The van der Waals surface area contributed by atoms with Gasteiger partial charge in [0.1, 0.15) is 11.8 Å². The number of aliphatic hydroxyl groups is 1. The number of ether oxygens (including phenoxy) is 1. The summed E-state index contributed by atoms with van der Waals surface area (Å²) in [5.41, 5.74) is 1.61. The maximum atomic E-state index is 13.1. The molecule has 1 N–H and O–H groups in total. The molecule has 1 amide bonds. The first-order chi connectivity index (χ1) is 16.3. The van der Waals surface area contributed by atoms with Crippen LogP contribution in [0.15, 0.2) is 71.6 Å². The molecule has 2 heterocycles. The van der Waals surface area contributed by atoms with Gasteiger partial charge in [-0.15, -0.1) is 11.3 Å². The van der Waals surface area contributed by atoms with Crippen molar-refractivity contribution in [3.05, 3.63) is 92.6 Å². The lowest BCUT2D eigenvalue weighted by molar-refractivity contribution is -0.146. The number of amides is 1. The maximum absolute atomic E-state index is 13.1. The summed E-state index contributed by atoms with van der Waals surface area (Å²) < 4.78 is 5.18. The minimum atomic E-state index is -0.785. The first-order valence-electron chi connectivity index (χ1n) is 10.6. The first-order valence-corrected chi connectivity index (χ1v) is 11.9. The van der Waals surface area contributed by atoms with E-state index < -0.39 is 17.7 Å². The summed E-state index contributed by atoms with van der Waals surface area (Å²) in [6.45, 7) is 3.57. The monoisotopic (exact) mass is 495 g/mol. The molecule has 1 aromatic heterocycles. The Labute approximate surface area is 206 Å². The number of esters is 1. The van der Waals surface area contributed by atoms with Gasteiger partial charge in [-0.25, -0.2) is 0 Å². The van der Waals surface area contributed by atoms with E-state index in [1.54, 1.807) is 62.4 Å². The van der Waals surface area contributed by atoms with E-state index in [1.807, 2.05) is 17.5 Å². The van der Waals surface area contributed by atoms with Crippen LogP contribution in [0.1, 0.15) is 35.9 Å². The zero-order chi connectivity index (χ0) is 24.4. The number of benzene rings is 2. The second-order valence-electron chi connectivity index (χ2n) is 8.07. The van der Waals surface area contributed by atoms with Gasteiger partial charge >= 0.3 is 5.97 Å². The van der Waals surface area contributed by atoms with E-state index in [9.17, 15) is 19.5 Å². The van der Waals surface area contributed by atoms with Gasteiger partial charge < -0.3 is 9.84 Å². The molecule has 1 aliphatic heterocycles. The van der Waals surface area contributed by atoms with Crippen molar-refractivity contribution in [1.29, 1.82) is 0 Å². The number of thiophene rings is 1. The number of rotatable bonds is 6. The molecule has 0 spiro atoms. The number of ketones is 1. The lowest BCUT2D eigenvalue weighted by Crippen LogP contribution is -2.29. The van der Waals surface area contributed by atoms with Crippen molar-refractivity contribution >= 4 is 52.0 Å².